The van der Waals surface area contributed by atoms with Crippen LogP contribution in [0.3, 0.4) is 0 Å². The number of aliphatic hydroxyl groups excluding tert-OH is 2. The molecule has 0 amide bonds. The van der Waals surface area contributed by atoms with Gasteiger partial charge in [-0.3, -0.25) is 9.59 Å². The average molecular weight is 1030 g/mol. The first kappa shape index (κ1) is 69.6. The second kappa shape index (κ2) is 56.8. The highest BCUT2D eigenvalue weighted by molar-refractivity contribution is 5.80. The number of ether oxygens (including phenoxy) is 2. The van der Waals surface area contributed by atoms with Crippen LogP contribution in [0.4, 0.5) is 0 Å². The maximum Gasteiger partial charge on any atom is 0.309 e. The summed E-state index contributed by atoms with van der Waals surface area (Å²) in [6, 6.07) is 0. The van der Waals surface area contributed by atoms with Crippen molar-refractivity contribution >= 4 is 11.9 Å². The second-order valence-electron chi connectivity index (χ2n) is 23.9. The molecule has 6 nitrogen and oxygen atoms in total. The number of esters is 2. The number of allylic oxidation sites excluding steroid dienone is 2. The molecule has 1 rings (SSSR count). The first-order valence-corrected chi connectivity index (χ1v) is 33.3. The predicted octanol–water partition coefficient (Wildman–Crippen LogP) is 21.1. The zero-order valence-corrected chi connectivity index (χ0v) is 49.2. The molecule has 0 spiro atoms. The summed E-state index contributed by atoms with van der Waals surface area (Å²) in [5.74, 6) is -1.41. The molecular formula is C67H128O6. The van der Waals surface area contributed by atoms with Crippen LogP contribution in [0.25, 0.3) is 0 Å². The van der Waals surface area contributed by atoms with Gasteiger partial charge in [-0.2, -0.15) is 0 Å². The molecule has 1 fully saturated rings. The Balaban J connectivity index is 1.68. The first-order valence-electron chi connectivity index (χ1n) is 33.3. The summed E-state index contributed by atoms with van der Waals surface area (Å²) in [6.07, 6.45) is 81.7. The minimum Gasteiger partial charge on any atom is -0.465 e. The summed E-state index contributed by atoms with van der Waals surface area (Å²) >= 11 is 0. The van der Waals surface area contributed by atoms with Crippen LogP contribution in [-0.2, 0) is 19.1 Å². The summed E-state index contributed by atoms with van der Waals surface area (Å²) in [7, 11) is 0. The van der Waals surface area contributed by atoms with Gasteiger partial charge in [0.15, 0.2) is 0 Å². The van der Waals surface area contributed by atoms with E-state index >= 15 is 0 Å². The Morgan fingerprint density at radius 1 is 0.356 bits per heavy atom. The third-order valence-electron chi connectivity index (χ3n) is 16.5. The van der Waals surface area contributed by atoms with E-state index in [0.29, 0.717) is 6.42 Å². The van der Waals surface area contributed by atoms with Gasteiger partial charge in [-0.25, -0.2) is 0 Å². The lowest BCUT2D eigenvalue weighted by Gasteiger charge is -2.27. The Morgan fingerprint density at radius 2 is 0.589 bits per heavy atom. The first-order chi connectivity index (χ1) is 36.1. The zero-order valence-electron chi connectivity index (χ0n) is 49.2. The van der Waals surface area contributed by atoms with E-state index in [1.807, 2.05) is 0 Å². The standard InChI is InChI=1S/C67H128O6/c1-2-3-4-5-6-7-8-9-10-11-12-13-14-15-16-17-18-19-20-21-22-23-24-25-26-27-28-29-30-31-32-33-34-35-36-37-38-39-40-41-42-43-44-45-46-47-48-49-50-51-52-53-54-55-56-57-58-64-59-65(70)72-62-67(60-68,61-69)63-73-66(64)71/h47-48,64,68-69H,2-46,49-63H2,1H3/b48-47+. The molecule has 1 saturated heterocycles. The summed E-state index contributed by atoms with van der Waals surface area (Å²) < 4.78 is 10.6. The third-order valence-corrected chi connectivity index (χ3v) is 16.5. The van der Waals surface area contributed by atoms with Crippen molar-refractivity contribution < 1.29 is 29.3 Å². The van der Waals surface area contributed by atoms with E-state index < -0.39 is 36.5 Å². The lowest BCUT2D eigenvalue weighted by Crippen LogP contribution is -2.40. The van der Waals surface area contributed by atoms with E-state index in [4.69, 9.17) is 9.47 Å². The molecule has 1 heterocycles. The third kappa shape index (κ3) is 48.7. The minimum atomic E-state index is -1.13. The smallest absolute Gasteiger partial charge is 0.309 e. The van der Waals surface area contributed by atoms with Crippen molar-refractivity contribution in [1.82, 2.24) is 0 Å². The second-order valence-corrected chi connectivity index (χ2v) is 23.9. The fourth-order valence-electron chi connectivity index (χ4n) is 11.1. The normalized spacial score (nSPS) is 15.2. The van der Waals surface area contributed by atoms with E-state index in [0.717, 1.165) is 19.3 Å². The summed E-state index contributed by atoms with van der Waals surface area (Å²) in [5.41, 5.74) is -1.13. The van der Waals surface area contributed by atoms with Crippen molar-refractivity contribution in [2.45, 2.75) is 366 Å². The molecule has 0 aromatic heterocycles. The van der Waals surface area contributed by atoms with Crippen molar-refractivity contribution in [2.24, 2.45) is 11.3 Å². The van der Waals surface area contributed by atoms with Gasteiger partial charge >= 0.3 is 11.9 Å². The Labute approximate surface area is 455 Å². The Kier molecular flexibility index (Phi) is 54.2. The molecule has 2 N–H and O–H groups in total. The quantitative estimate of drug-likeness (QED) is 0.0358. The molecule has 0 aliphatic carbocycles. The van der Waals surface area contributed by atoms with Gasteiger partial charge in [-0.05, 0) is 32.1 Å². The van der Waals surface area contributed by atoms with Gasteiger partial charge in [-0.15, -0.1) is 0 Å². The molecule has 0 radical (unpaired) electrons. The number of hydrogen-bond acceptors (Lipinski definition) is 6. The highest BCUT2D eigenvalue weighted by Gasteiger charge is 2.36. The predicted molar refractivity (Wildman–Crippen MR) is 315 cm³/mol. The van der Waals surface area contributed by atoms with Gasteiger partial charge in [0.25, 0.3) is 0 Å². The molecule has 73 heavy (non-hydrogen) atoms. The van der Waals surface area contributed by atoms with Gasteiger partial charge in [0.1, 0.15) is 13.2 Å². The molecule has 0 aromatic carbocycles. The van der Waals surface area contributed by atoms with Gasteiger partial charge in [0.05, 0.1) is 31.0 Å². The monoisotopic (exact) mass is 1030 g/mol. The number of unbranched alkanes of at least 4 members (excludes halogenated alkanes) is 52. The van der Waals surface area contributed by atoms with Gasteiger partial charge in [-0.1, -0.05) is 340 Å². The SMILES string of the molecule is CCCCCCCCCCCCCCCCCCCCCCCCCCCCCCCCCCCCCCCCCCCCCC/C=C/CCCCCCCCCCC1CC(=O)OCC(CO)(CO)COC1=O. The van der Waals surface area contributed by atoms with Crippen molar-refractivity contribution in [2.75, 3.05) is 26.4 Å². The number of aliphatic hydroxyl groups is 2. The molecule has 0 bridgehead atoms. The zero-order chi connectivity index (χ0) is 52.5. The van der Waals surface area contributed by atoms with Crippen LogP contribution in [0.1, 0.15) is 366 Å². The minimum absolute atomic E-state index is 0.0000762. The molecule has 6 heteroatoms. The van der Waals surface area contributed by atoms with E-state index in [2.05, 4.69) is 19.1 Å². The van der Waals surface area contributed by atoms with Crippen LogP contribution in [0.5, 0.6) is 0 Å². The molecule has 0 aromatic rings. The van der Waals surface area contributed by atoms with Crippen LogP contribution >= 0.6 is 0 Å². The molecule has 0 saturated carbocycles. The number of cyclic esters (lactones) is 2. The Bertz CT molecular complexity index is 1150. The average Bonchev–Trinajstić information content (AvgIpc) is 3.46. The van der Waals surface area contributed by atoms with Crippen LogP contribution in [0.15, 0.2) is 12.2 Å². The Hall–Kier alpha value is -1.40. The highest BCUT2D eigenvalue weighted by Crippen LogP contribution is 2.25. The van der Waals surface area contributed by atoms with Crippen molar-refractivity contribution in [3.8, 4) is 0 Å². The van der Waals surface area contributed by atoms with Crippen molar-refractivity contribution in [3.05, 3.63) is 12.2 Å². The number of rotatable bonds is 58. The maximum absolute atomic E-state index is 12.5. The van der Waals surface area contributed by atoms with Crippen LogP contribution in [0, 0.1) is 11.3 Å². The fourth-order valence-corrected chi connectivity index (χ4v) is 11.1. The van der Waals surface area contributed by atoms with Crippen LogP contribution in [-0.4, -0.2) is 48.6 Å². The van der Waals surface area contributed by atoms with E-state index in [9.17, 15) is 19.8 Å². The van der Waals surface area contributed by atoms with E-state index in [1.54, 1.807) is 0 Å². The lowest BCUT2D eigenvalue weighted by molar-refractivity contribution is -0.155. The van der Waals surface area contributed by atoms with Crippen molar-refractivity contribution in [1.29, 1.82) is 0 Å². The van der Waals surface area contributed by atoms with Gasteiger partial charge < -0.3 is 19.7 Å². The molecule has 1 aliphatic heterocycles. The van der Waals surface area contributed by atoms with Gasteiger partial charge in [0.2, 0.25) is 0 Å². The molecule has 1 atom stereocenters. The lowest BCUT2D eigenvalue weighted by atomic mass is 9.92. The van der Waals surface area contributed by atoms with E-state index in [1.165, 1.54) is 327 Å². The summed E-state index contributed by atoms with van der Waals surface area (Å²) in [6.45, 7) is 1.20. The molecule has 432 valence electrons. The topological polar surface area (TPSA) is 93.1 Å². The summed E-state index contributed by atoms with van der Waals surface area (Å²) in [4.78, 5) is 24.7. The fraction of sp³-hybridized carbons (Fsp3) is 0.940. The van der Waals surface area contributed by atoms with Crippen molar-refractivity contribution in [3.63, 3.8) is 0 Å². The van der Waals surface area contributed by atoms with Crippen LogP contribution in [0.2, 0.25) is 0 Å². The van der Waals surface area contributed by atoms with Gasteiger partial charge in [0, 0.05) is 0 Å². The largest absolute Gasteiger partial charge is 0.465 e. The number of hydrogen-bond donors (Lipinski definition) is 2. The molecular weight excluding hydrogens is 901 g/mol. The molecule has 1 unspecified atom stereocenters. The number of carbonyl (C=O) groups is 2. The summed E-state index contributed by atoms with van der Waals surface area (Å²) in [5, 5.41) is 19.2. The Morgan fingerprint density at radius 3 is 0.849 bits per heavy atom. The molecule has 1 aliphatic rings. The van der Waals surface area contributed by atoms with E-state index in [-0.39, 0.29) is 19.6 Å². The van der Waals surface area contributed by atoms with Crippen LogP contribution < -0.4 is 0 Å². The number of carbonyl (C=O) groups excluding carboxylic acids is 2. The maximum atomic E-state index is 12.5. The highest BCUT2D eigenvalue weighted by atomic mass is 16.6.